The lowest BCUT2D eigenvalue weighted by Gasteiger charge is -2.43. The largest absolute Gasteiger partial charge is 0.329 e. The molecule has 0 saturated heterocycles. The SMILES string of the molecule is CCCN(Cc1ccn(C)n1)C1(CN)CCCCCC1. The van der Waals surface area contributed by atoms with Crippen molar-refractivity contribution in [3.8, 4) is 0 Å². The van der Waals surface area contributed by atoms with Crippen molar-refractivity contribution < 1.29 is 0 Å². The minimum Gasteiger partial charge on any atom is -0.329 e. The molecule has 20 heavy (non-hydrogen) atoms. The van der Waals surface area contributed by atoms with E-state index in [1.54, 1.807) is 0 Å². The molecular formula is C16H30N4. The van der Waals surface area contributed by atoms with Crippen molar-refractivity contribution in [3.63, 3.8) is 0 Å². The van der Waals surface area contributed by atoms with Crippen LogP contribution in [0.15, 0.2) is 12.3 Å². The number of nitrogens with zero attached hydrogens (tertiary/aromatic N) is 3. The normalized spacial score (nSPS) is 19.2. The van der Waals surface area contributed by atoms with Crippen molar-refractivity contribution in [1.29, 1.82) is 0 Å². The van der Waals surface area contributed by atoms with Crippen LogP contribution in [0.3, 0.4) is 0 Å². The van der Waals surface area contributed by atoms with Gasteiger partial charge in [-0.1, -0.05) is 32.6 Å². The number of aryl methyl sites for hydroxylation is 1. The molecule has 0 amide bonds. The van der Waals surface area contributed by atoms with E-state index in [-0.39, 0.29) is 5.54 Å². The van der Waals surface area contributed by atoms with Gasteiger partial charge in [0.1, 0.15) is 0 Å². The summed E-state index contributed by atoms with van der Waals surface area (Å²) in [6, 6.07) is 2.13. The zero-order valence-electron chi connectivity index (χ0n) is 13.1. The maximum atomic E-state index is 6.23. The molecule has 0 aliphatic heterocycles. The Morgan fingerprint density at radius 1 is 1.30 bits per heavy atom. The summed E-state index contributed by atoms with van der Waals surface area (Å²) in [6.45, 7) is 5.09. The van der Waals surface area contributed by atoms with E-state index in [1.807, 2.05) is 17.9 Å². The van der Waals surface area contributed by atoms with Crippen LogP contribution in [-0.2, 0) is 13.6 Å². The smallest absolute Gasteiger partial charge is 0.0764 e. The fraction of sp³-hybridized carbons (Fsp3) is 0.812. The van der Waals surface area contributed by atoms with Crippen molar-refractivity contribution in [1.82, 2.24) is 14.7 Å². The first kappa shape index (κ1) is 15.5. The molecule has 1 heterocycles. The van der Waals surface area contributed by atoms with Crippen LogP contribution in [-0.4, -0.2) is 33.3 Å². The molecule has 1 aliphatic rings. The average molecular weight is 278 g/mol. The maximum absolute atomic E-state index is 6.23. The summed E-state index contributed by atoms with van der Waals surface area (Å²) < 4.78 is 1.89. The van der Waals surface area contributed by atoms with E-state index in [2.05, 4.69) is 23.0 Å². The molecule has 0 aromatic carbocycles. The van der Waals surface area contributed by atoms with Gasteiger partial charge in [-0.15, -0.1) is 0 Å². The molecule has 1 fully saturated rings. The van der Waals surface area contributed by atoms with Crippen molar-refractivity contribution in [3.05, 3.63) is 18.0 Å². The lowest BCUT2D eigenvalue weighted by atomic mass is 9.87. The van der Waals surface area contributed by atoms with Gasteiger partial charge in [0.05, 0.1) is 5.69 Å². The van der Waals surface area contributed by atoms with Crippen molar-refractivity contribution in [2.24, 2.45) is 12.8 Å². The van der Waals surface area contributed by atoms with Crippen molar-refractivity contribution in [2.75, 3.05) is 13.1 Å². The second-order valence-electron chi connectivity index (χ2n) is 6.24. The molecule has 0 radical (unpaired) electrons. The molecule has 0 atom stereocenters. The van der Waals surface area contributed by atoms with Gasteiger partial charge >= 0.3 is 0 Å². The molecule has 2 rings (SSSR count). The van der Waals surface area contributed by atoms with Gasteiger partial charge < -0.3 is 5.73 Å². The Bertz CT molecular complexity index is 391. The third kappa shape index (κ3) is 3.61. The predicted molar refractivity (Wildman–Crippen MR) is 83.4 cm³/mol. The lowest BCUT2D eigenvalue weighted by molar-refractivity contribution is 0.0683. The summed E-state index contributed by atoms with van der Waals surface area (Å²) in [5, 5.41) is 4.55. The van der Waals surface area contributed by atoms with E-state index in [4.69, 9.17) is 5.73 Å². The fourth-order valence-electron chi connectivity index (χ4n) is 3.53. The van der Waals surface area contributed by atoms with E-state index in [9.17, 15) is 0 Å². The summed E-state index contributed by atoms with van der Waals surface area (Å²) >= 11 is 0. The Balaban J connectivity index is 2.15. The summed E-state index contributed by atoms with van der Waals surface area (Å²) in [7, 11) is 1.98. The third-order valence-electron chi connectivity index (χ3n) is 4.70. The first-order chi connectivity index (χ1) is 9.70. The zero-order chi connectivity index (χ0) is 14.4. The van der Waals surface area contributed by atoms with Gasteiger partial charge in [0, 0.05) is 31.9 Å². The van der Waals surface area contributed by atoms with E-state index >= 15 is 0 Å². The highest BCUT2D eigenvalue weighted by Gasteiger charge is 2.35. The Morgan fingerprint density at radius 3 is 2.50 bits per heavy atom. The Hall–Kier alpha value is -0.870. The number of hydrogen-bond donors (Lipinski definition) is 1. The highest BCUT2D eigenvalue weighted by atomic mass is 15.3. The quantitative estimate of drug-likeness (QED) is 0.814. The third-order valence-corrected chi connectivity index (χ3v) is 4.70. The molecule has 0 spiro atoms. The summed E-state index contributed by atoms with van der Waals surface area (Å²) in [5.74, 6) is 0. The van der Waals surface area contributed by atoms with Gasteiger partial charge in [0.25, 0.3) is 0 Å². The Morgan fingerprint density at radius 2 is 2.00 bits per heavy atom. The van der Waals surface area contributed by atoms with Gasteiger partial charge in [0.15, 0.2) is 0 Å². The molecular weight excluding hydrogens is 248 g/mol. The monoisotopic (exact) mass is 278 g/mol. The van der Waals surface area contributed by atoms with E-state index in [0.29, 0.717) is 0 Å². The van der Waals surface area contributed by atoms with Crippen LogP contribution in [0.2, 0.25) is 0 Å². The number of hydrogen-bond acceptors (Lipinski definition) is 3. The lowest BCUT2D eigenvalue weighted by Crippen LogP contribution is -2.53. The Labute approximate surface area is 123 Å². The van der Waals surface area contributed by atoms with E-state index < -0.39 is 0 Å². The van der Waals surface area contributed by atoms with E-state index in [0.717, 1.165) is 25.3 Å². The molecule has 1 aliphatic carbocycles. The van der Waals surface area contributed by atoms with Crippen LogP contribution in [0.1, 0.15) is 57.6 Å². The molecule has 114 valence electrons. The summed E-state index contributed by atoms with van der Waals surface area (Å²) in [4.78, 5) is 2.61. The van der Waals surface area contributed by atoms with Gasteiger partial charge in [0.2, 0.25) is 0 Å². The minimum absolute atomic E-state index is 0.198. The van der Waals surface area contributed by atoms with Crippen LogP contribution < -0.4 is 5.73 Å². The van der Waals surface area contributed by atoms with Crippen molar-refractivity contribution in [2.45, 2.75) is 64.0 Å². The molecule has 4 heteroatoms. The van der Waals surface area contributed by atoms with Gasteiger partial charge in [-0.2, -0.15) is 5.10 Å². The standard InChI is InChI=1S/C16H30N4/c1-3-11-20(13-15-8-12-19(2)18-15)16(14-17)9-6-4-5-7-10-16/h8,12H,3-7,9-11,13-14,17H2,1-2H3. The second kappa shape index (κ2) is 7.23. The molecule has 1 aromatic rings. The molecule has 1 saturated carbocycles. The van der Waals surface area contributed by atoms with Crippen LogP contribution >= 0.6 is 0 Å². The van der Waals surface area contributed by atoms with Crippen LogP contribution in [0.25, 0.3) is 0 Å². The maximum Gasteiger partial charge on any atom is 0.0764 e. The summed E-state index contributed by atoms with van der Waals surface area (Å²) in [5.41, 5.74) is 7.59. The topological polar surface area (TPSA) is 47.1 Å². The van der Waals surface area contributed by atoms with Crippen LogP contribution in [0, 0.1) is 0 Å². The highest BCUT2D eigenvalue weighted by molar-refractivity contribution is 5.02. The molecule has 0 bridgehead atoms. The fourth-order valence-corrected chi connectivity index (χ4v) is 3.53. The van der Waals surface area contributed by atoms with Gasteiger partial charge in [-0.25, -0.2) is 0 Å². The second-order valence-corrected chi connectivity index (χ2v) is 6.24. The number of rotatable bonds is 6. The minimum atomic E-state index is 0.198. The predicted octanol–water partition coefficient (Wildman–Crippen LogP) is 2.68. The zero-order valence-corrected chi connectivity index (χ0v) is 13.1. The molecule has 4 nitrogen and oxygen atoms in total. The first-order valence-electron chi connectivity index (χ1n) is 8.14. The van der Waals surface area contributed by atoms with E-state index in [1.165, 1.54) is 44.9 Å². The number of nitrogens with two attached hydrogens (primary N) is 1. The van der Waals surface area contributed by atoms with Crippen LogP contribution in [0.4, 0.5) is 0 Å². The van der Waals surface area contributed by atoms with Gasteiger partial charge in [-0.3, -0.25) is 9.58 Å². The van der Waals surface area contributed by atoms with Crippen molar-refractivity contribution >= 4 is 0 Å². The molecule has 0 unspecified atom stereocenters. The number of aromatic nitrogens is 2. The van der Waals surface area contributed by atoms with Gasteiger partial charge in [-0.05, 0) is 31.9 Å². The molecule has 2 N–H and O–H groups in total. The molecule has 1 aromatic heterocycles. The first-order valence-corrected chi connectivity index (χ1v) is 8.14. The summed E-state index contributed by atoms with van der Waals surface area (Å²) in [6.07, 6.45) is 11.1. The van der Waals surface area contributed by atoms with Crippen LogP contribution in [0.5, 0.6) is 0 Å². The average Bonchev–Trinajstić information content (AvgIpc) is 2.72. The Kier molecular flexibility index (Phi) is 5.61. The highest BCUT2D eigenvalue weighted by Crippen LogP contribution is 2.33.